The Bertz CT molecular complexity index is 256. The van der Waals surface area contributed by atoms with Crippen molar-refractivity contribution in [1.82, 2.24) is 5.32 Å². The molecule has 12 heavy (non-hydrogen) atoms. The number of aliphatic hydroxyl groups is 1. The zero-order valence-electron chi connectivity index (χ0n) is 6.82. The topological polar surface area (TPSA) is 49.3 Å². The minimum absolute atomic E-state index is 0.477. The van der Waals surface area contributed by atoms with Crippen molar-refractivity contribution in [2.75, 3.05) is 0 Å². The molecule has 3 heteroatoms. The van der Waals surface area contributed by atoms with Crippen LogP contribution in [-0.2, 0) is 4.79 Å². The van der Waals surface area contributed by atoms with Crippen molar-refractivity contribution in [2.45, 2.75) is 13.2 Å². The van der Waals surface area contributed by atoms with Gasteiger partial charge in [-0.3, -0.25) is 4.79 Å². The highest BCUT2D eigenvalue weighted by Gasteiger charge is 2.03. The van der Waals surface area contributed by atoms with Crippen LogP contribution in [0.5, 0.6) is 0 Å². The maximum absolute atomic E-state index is 9.98. The quantitative estimate of drug-likeness (QED) is 0.512. The van der Waals surface area contributed by atoms with Crippen LogP contribution >= 0.6 is 0 Å². The van der Waals surface area contributed by atoms with Crippen LogP contribution in [0, 0.1) is 6.92 Å². The normalized spacial score (nSPS) is 12.2. The molecule has 1 amide bonds. The van der Waals surface area contributed by atoms with Gasteiger partial charge in [-0.15, -0.1) is 0 Å². The van der Waals surface area contributed by atoms with Crippen LogP contribution in [0.25, 0.3) is 0 Å². The third-order valence-electron chi connectivity index (χ3n) is 1.62. The largest absolute Gasteiger partial charge is 0.369 e. The zero-order chi connectivity index (χ0) is 8.97. The van der Waals surface area contributed by atoms with E-state index in [9.17, 15) is 9.90 Å². The van der Waals surface area contributed by atoms with Gasteiger partial charge in [-0.25, -0.2) is 0 Å². The van der Waals surface area contributed by atoms with Crippen molar-refractivity contribution in [1.29, 1.82) is 0 Å². The summed E-state index contributed by atoms with van der Waals surface area (Å²) in [6.45, 7) is 1.96. The lowest BCUT2D eigenvalue weighted by atomic mass is 10.1. The Morgan fingerprint density at radius 3 is 2.50 bits per heavy atom. The first-order valence-electron chi connectivity index (χ1n) is 3.68. The summed E-state index contributed by atoms with van der Waals surface area (Å²) in [6, 6.07) is 7.31. The minimum atomic E-state index is -0.900. The molecule has 0 radical (unpaired) electrons. The number of nitrogens with one attached hydrogen (secondary N) is 1. The van der Waals surface area contributed by atoms with Crippen LogP contribution in [0.4, 0.5) is 0 Å². The molecule has 0 aromatic heterocycles. The lowest BCUT2D eigenvalue weighted by Crippen LogP contribution is -2.18. The van der Waals surface area contributed by atoms with Crippen LogP contribution in [0.1, 0.15) is 17.4 Å². The van der Waals surface area contributed by atoms with E-state index in [1.165, 1.54) is 0 Å². The Kier molecular flexibility index (Phi) is 2.82. The summed E-state index contributed by atoms with van der Waals surface area (Å²) in [5.74, 6) is 0. The molecule has 0 heterocycles. The van der Waals surface area contributed by atoms with Gasteiger partial charge in [-0.2, -0.15) is 0 Å². The maximum Gasteiger partial charge on any atom is 0.209 e. The van der Waals surface area contributed by atoms with Gasteiger partial charge in [0.25, 0.3) is 0 Å². The van der Waals surface area contributed by atoms with E-state index in [1.54, 1.807) is 12.1 Å². The number of hydrogen-bond acceptors (Lipinski definition) is 2. The third kappa shape index (κ3) is 2.07. The predicted molar refractivity (Wildman–Crippen MR) is 45.3 cm³/mol. The van der Waals surface area contributed by atoms with Gasteiger partial charge in [0.1, 0.15) is 0 Å². The summed E-state index contributed by atoms with van der Waals surface area (Å²) < 4.78 is 0. The maximum atomic E-state index is 9.98. The standard InChI is InChI=1S/C9H11NO2/c1-7-2-4-8(5-3-7)9(12)10-6-11/h2-6,9,12H,1H3,(H,10,11). The fourth-order valence-electron chi connectivity index (χ4n) is 0.909. The van der Waals surface area contributed by atoms with E-state index in [1.807, 2.05) is 19.1 Å². The lowest BCUT2D eigenvalue weighted by molar-refractivity contribution is -0.112. The monoisotopic (exact) mass is 165 g/mol. The number of benzene rings is 1. The van der Waals surface area contributed by atoms with E-state index < -0.39 is 6.23 Å². The van der Waals surface area contributed by atoms with Gasteiger partial charge in [0.05, 0.1) is 0 Å². The third-order valence-corrected chi connectivity index (χ3v) is 1.62. The Morgan fingerprint density at radius 1 is 1.42 bits per heavy atom. The van der Waals surface area contributed by atoms with Crippen LogP contribution in [0.15, 0.2) is 24.3 Å². The van der Waals surface area contributed by atoms with Gasteiger partial charge in [-0.1, -0.05) is 29.8 Å². The number of aryl methyl sites for hydroxylation is 1. The molecule has 64 valence electrons. The Hall–Kier alpha value is -1.35. The second-order valence-electron chi connectivity index (χ2n) is 2.60. The molecule has 0 bridgehead atoms. The molecular weight excluding hydrogens is 154 g/mol. The van der Waals surface area contributed by atoms with Crippen molar-refractivity contribution in [2.24, 2.45) is 0 Å². The van der Waals surface area contributed by atoms with E-state index in [0.717, 1.165) is 5.56 Å². The Morgan fingerprint density at radius 2 is 2.00 bits per heavy atom. The molecule has 0 spiro atoms. The van der Waals surface area contributed by atoms with E-state index >= 15 is 0 Å². The number of rotatable bonds is 3. The van der Waals surface area contributed by atoms with Gasteiger partial charge in [0, 0.05) is 5.56 Å². The zero-order valence-corrected chi connectivity index (χ0v) is 6.82. The van der Waals surface area contributed by atoms with Crippen LogP contribution in [0.2, 0.25) is 0 Å². The number of aliphatic hydroxyl groups excluding tert-OH is 1. The van der Waals surface area contributed by atoms with E-state index in [0.29, 0.717) is 12.0 Å². The summed E-state index contributed by atoms with van der Waals surface area (Å²) in [4.78, 5) is 9.98. The van der Waals surface area contributed by atoms with Gasteiger partial charge in [0.15, 0.2) is 6.23 Å². The molecule has 1 atom stereocenters. The summed E-state index contributed by atoms with van der Waals surface area (Å²) in [5, 5.41) is 11.5. The molecule has 0 fully saturated rings. The molecule has 0 aliphatic rings. The van der Waals surface area contributed by atoms with Gasteiger partial charge in [0.2, 0.25) is 6.41 Å². The van der Waals surface area contributed by atoms with E-state index in [4.69, 9.17) is 0 Å². The van der Waals surface area contributed by atoms with Gasteiger partial charge < -0.3 is 10.4 Å². The predicted octanol–water partition coefficient (Wildman–Crippen LogP) is 0.732. The molecule has 1 rings (SSSR count). The molecule has 0 aliphatic carbocycles. The lowest BCUT2D eigenvalue weighted by Gasteiger charge is -2.08. The molecule has 0 saturated carbocycles. The number of carbonyl (C=O) groups excluding carboxylic acids is 1. The van der Waals surface area contributed by atoms with Crippen molar-refractivity contribution in [3.8, 4) is 0 Å². The number of hydrogen-bond donors (Lipinski definition) is 2. The highest BCUT2D eigenvalue weighted by atomic mass is 16.3. The Labute approximate surface area is 71.0 Å². The molecule has 1 unspecified atom stereocenters. The second-order valence-corrected chi connectivity index (χ2v) is 2.60. The van der Waals surface area contributed by atoms with Crippen LogP contribution < -0.4 is 5.32 Å². The first-order valence-corrected chi connectivity index (χ1v) is 3.68. The van der Waals surface area contributed by atoms with Gasteiger partial charge >= 0.3 is 0 Å². The average Bonchev–Trinajstić information content (AvgIpc) is 2.06. The molecule has 2 N–H and O–H groups in total. The summed E-state index contributed by atoms with van der Waals surface area (Å²) >= 11 is 0. The highest BCUT2D eigenvalue weighted by molar-refractivity contribution is 5.47. The molecule has 0 saturated heterocycles. The molecular formula is C9H11NO2. The van der Waals surface area contributed by atoms with Crippen molar-refractivity contribution >= 4 is 6.41 Å². The minimum Gasteiger partial charge on any atom is -0.369 e. The second kappa shape index (κ2) is 3.88. The Balaban J connectivity index is 2.74. The average molecular weight is 165 g/mol. The van der Waals surface area contributed by atoms with Crippen LogP contribution in [0.3, 0.4) is 0 Å². The molecule has 1 aromatic carbocycles. The smallest absolute Gasteiger partial charge is 0.209 e. The fourth-order valence-corrected chi connectivity index (χ4v) is 0.909. The van der Waals surface area contributed by atoms with Crippen molar-refractivity contribution in [3.63, 3.8) is 0 Å². The first-order chi connectivity index (χ1) is 5.74. The summed E-state index contributed by atoms with van der Waals surface area (Å²) in [6.07, 6.45) is -0.423. The number of amides is 1. The summed E-state index contributed by atoms with van der Waals surface area (Å²) in [5.41, 5.74) is 1.81. The molecule has 0 aliphatic heterocycles. The summed E-state index contributed by atoms with van der Waals surface area (Å²) in [7, 11) is 0. The molecule has 3 nitrogen and oxygen atoms in total. The fraction of sp³-hybridized carbons (Fsp3) is 0.222. The number of carbonyl (C=O) groups is 1. The highest BCUT2D eigenvalue weighted by Crippen LogP contribution is 2.09. The van der Waals surface area contributed by atoms with E-state index in [2.05, 4.69) is 5.32 Å². The van der Waals surface area contributed by atoms with Crippen molar-refractivity contribution in [3.05, 3.63) is 35.4 Å². The van der Waals surface area contributed by atoms with Gasteiger partial charge in [-0.05, 0) is 6.92 Å². The van der Waals surface area contributed by atoms with E-state index in [-0.39, 0.29) is 0 Å². The SMILES string of the molecule is Cc1ccc(C(O)NC=O)cc1. The first kappa shape index (κ1) is 8.74. The molecule has 1 aromatic rings. The van der Waals surface area contributed by atoms with Crippen LogP contribution in [-0.4, -0.2) is 11.5 Å². The van der Waals surface area contributed by atoms with Crippen molar-refractivity contribution < 1.29 is 9.90 Å².